The molecule has 0 unspecified atom stereocenters. The molecule has 3 rings (SSSR count). The van der Waals surface area contributed by atoms with Crippen LogP contribution in [0.3, 0.4) is 0 Å². The summed E-state index contributed by atoms with van der Waals surface area (Å²) in [5.41, 5.74) is 1.03. The molecule has 9 heteroatoms. The molecule has 0 saturated carbocycles. The van der Waals surface area contributed by atoms with Crippen LogP contribution in [0.15, 0.2) is 23.1 Å². The van der Waals surface area contributed by atoms with Crippen molar-refractivity contribution in [3.05, 3.63) is 28.8 Å². The molecular weight excluding hydrogens is 360 g/mol. The van der Waals surface area contributed by atoms with Crippen LogP contribution in [0.5, 0.6) is 0 Å². The molecule has 0 atom stereocenters. The summed E-state index contributed by atoms with van der Waals surface area (Å²) in [6, 6.07) is 4.73. The molecule has 1 aliphatic heterocycles. The first-order valence-electron chi connectivity index (χ1n) is 8.01. The Bertz CT molecular complexity index is 919. The molecule has 25 heavy (non-hydrogen) atoms. The number of nitrogens with zero attached hydrogens (tertiary/aromatic N) is 2. The molecule has 0 spiro atoms. The second-order valence-corrected chi connectivity index (χ2v) is 9.42. The van der Waals surface area contributed by atoms with Crippen LogP contribution >= 0.6 is 11.3 Å². The minimum Gasteiger partial charge on any atom is -0.326 e. The highest BCUT2D eigenvalue weighted by Gasteiger charge is 2.33. The van der Waals surface area contributed by atoms with Gasteiger partial charge in [-0.3, -0.25) is 9.52 Å². The normalized spacial score (nSPS) is 16.2. The van der Waals surface area contributed by atoms with E-state index in [1.54, 1.807) is 12.1 Å². The lowest BCUT2D eigenvalue weighted by Gasteiger charge is -2.32. The monoisotopic (exact) mass is 380 g/mol. The fourth-order valence-electron chi connectivity index (χ4n) is 2.83. The number of hydrogen-bond donors (Lipinski definition) is 2. The van der Waals surface area contributed by atoms with Gasteiger partial charge in [-0.15, -0.1) is 10.2 Å². The van der Waals surface area contributed by atoms with Gasteiger partial charge in [-0.2, -0.15) is 0 Å². The van der Waals surface area contributed by atoms with Crippen LogP contribution in [0.2, 0.25) is 0 Å². The van der Waals surface area contributed by atoms with E-state index in [9.17, 15) is 13.2 Å². The molecule has 7 nitrogen and oxygen atoms in total. The first-order valence-corrected chi connectivity index (χ1v) is 10.3. The van der Waals surface area contributed by atoms with Crippen molar-refractivity contribution in [2.24, 2.45) is 0 Å². The van der Waals surface area contributed by atoms with E-state index in [0.29, 0.717) is 12.1 Å². The fourth-order valence-corrected chi connectivity index (χ4v) is 4.93. The number of rotatable bonds is 5. The first kappa shape index (κ1) is 17.8. The van der Waals surface area contributed by atoms with Gasteiger partial charge in [0.2, 0.25) is 11.0 Å². The number of aryl methyl sites for hydroxylation is 1. The molecule has 1 amide bonds. The summed E-state index contributed by atoms with van der Waals surface area (Å²) in [6.07, 6.45) is 2.01. The minimum absolute atomic E-state index is 0.0662. The Morgan fingerprint density at radius 2 is 2.08 bits per heavy atom. The average Bonchev–Trinajstić information content (AvgIpc) is 2.92. The van der Waals surface area contributed by atoms with E-state index in [1.165, 1.54) is 17.4 Å². The van der Waals surface area contributed by atoms with Gasteiger partial charge in [0.1, 0.15) is 5.01 Å². The molecule has 2 N–H and O–H groups in total. The molecule has 0 bridgehead atoms. The van der Waals surface area contributed by atoms with Crippen LogP contribution in [-0.4, -0.2) is 24.5 Å². The number of amides is 1. The number of hydrogen-bond acceptors (Lipinski definition) is 6. The van der Waals surface area contributed by atoms with Gasteiger partial charge in [-0.1, -0.05) is 32.1 Å². The lowest BCUT2D eigenvalue weighted by Crippen LogP contribution is -2.32. The van der Waals surface area contributed by atoms with Crippen molar-refractivity contribution in [1.29, 1.82) is 0 Å². The van der Waals surface area contributed by atoms with Crippen molar-refractivity contribution in [3.63, 3.8) is 0 Å². The molecule has 0 fully saturated rings. The Hall–Kier alpha value is -2.00. The summed E-state index contributed by atoms with van der Waals surface area (Å²) in [5.74, 6) is -0.0662. The highest BCUT2D eigenvalue weighted by atomic mass is 32.2. The van der Waals surface area contributed by atoms with Crippen LogP contribution in [-0.2, 0) is 26.7 Å². The lowest BCUT2D eigenvalue weighted by molar-refractivity contribution is -0.117. The maximum atomic E-state index is 12.7. The zero-order valence-electron chi connectivity index (χ0n) is 14.3. The van der Waals surface area contributed by atoms with E-state index in [-0.39, 0.29) is 15.9 Å². The van der Waals surface area contributed by atoms with Crippen molar-refractivity contribution < 1.29 is 13.2 Å². The van der Waals surface area contributed by atoms with Gasteiger partial charge in [-0.05, 0) is 30.2 Å². The SMILES string of the molecule is CCCc1nnc(NS(=O)(=O)c2ccc3c(c2)C(C)(C)CC(=O)N3)s1. The number of anilines is 2. The fraction of sp³-hybridized carbons (Fsp3) is 0.438. The van der Waals surface area contributed by atoms with Gasteiger partial charge >= 0.3 is 0 Å². The summed E-state index contributed by atoms with van der Waals surface area (Å²) in [4.78, 5) is 11.9. The van der Waals surface area contributed by atoms with Crippen molar-refractivity contribution >= 4 is 38.1 Å². The van der Waals surface area contributed by atoms with E-state index in [4.69, 9.17) is 0 Å². The van der Waals surface area contributed by atoms with Gasteiger partial charge in [0.15, 0.2) is 0 Å². The minimum atomic E-state index is -3.77. The highest BCUT2D eigenvalue weighted by Crippen LogP contribution is 2.38. The highest BCUT2D eigenvalue weighted by molar-refractivity contribution is 7.93. The van der Waals surface area contributed by atoms with Gasteiger partial charge in [0.05, 0.1) is 4.90 Å². The summed E-state index contributed by atoms with van der Waals surface area (Å²) in [5, 5.41) is 11.7. The third-order valence-electron chi connectivity index (χ3n) is 4.06. The van der Waals surface area contributed by atoms with Crippen LogP contribution in [0.4, 0.5) is 10.8 Å². The van der Waals surface area contributed by atoms with Gasteiger partial charge in [0.25, 0.3) is 10.0 Å². The number of benzene rings is 1. The van der Waals surface area contributed by atoms with Gasteiger partial charge < -0.3 is 5.32 Å². The molecule has 2 heterocycles. The molecule has 1 aromatic carbocycles. The summed E-state index contributed by atoms with van der Waals surface area (Å²) >= 11 is 1.24. The Kier molecular flexibility index (Phi) is 4.54. The molecule has 2 aromatic rings. The Labute approximate surface area is 150 Å². The average molecular weight is 380 g/mol. The van der Waals surface area contributed by atoms with Crippen LogP contribution in [0.25, 0.3) is 0 Å². The zero-order valence-corrected chi connectivity index (χ0v) is 15.9. The first-order chi connectivity index (χ1) is 11.7. The van der Waals surface area contributed by atoms with Gasteiger partial charge in [0, 0.05) is 23.9 Å². The van der Waals surface area contributed by atoms with E-state index < -0.39 is 15.4 Å². The Morgan fingerprint density at radius 1 is 1.32 bits per heavy atom. The number of sulfonamides is 1. The summed E-state index contributed by atoms with van der Waals surface area (Å²) in [6.45, 7) is 5.88. The topological polar surface area (TPSA) is 101 Å². The lowest BCUT2D eigenvalue weighted by atomic mass is 9.78. The molecule has 0 aliphatic carbocycles. The van der Waals surface area contributed by atoms with E-state index in [0.717, 1.165) is 23.4 Å². The third kappa shape index (κ3) is 3.67. The third-order valence-corrected chi connectivity index (χ3v) is 6.42. The predicted molar refractivity (Wildman–Crippen MR) is 97.4 cm³/mol. The second-order valence-electron chi connectivity index (χ2n) is 6.67. The molecule has 1 aliphatic rings. The number of carbonyl (C=O) groups is 1. The number of carbonyl (C=O) groups excluding carboxylic acids is 1. The van der Waals surface area contributed by atoms with E-state index in [1.807, 2.05) is 20.8 Å². The molecule has 134 valence electrons. The molecular formula is C16H20N4O3S2. The Morgan fingerprint density at radius 3 is 2.80 bits per heavy atom. The van der Waals surface area contributed by atoms with Crippen molar-refractivity contribution in [3.8, 4) is 0 Å². The largest absolute Gasteiger partial charge is 0.326 e. The number of nitrogens with one attached hydrogen (secondary N) is 2. The smallest absolute Gasteiger partial charge is 0.263 e. The summed E-state index contributed by atoms with van der Waals surface area (Å²) < 4.78 is 27.8. The molecule has 1 aromatic heterocycles. The molecule has 0 saturated heterocycles. The maximum Gasteiger partial charge on any atom is 0.263 e. The predicted octanol–water partition coefficient (Wildman–Crippen LogP) is 2.91. The van der Waals surface area contributed by atoms with Crippen LogP contribution in [0.1, 0.15) is 44.2 Å². The van der Waals surface area contributed by atoms with Crippen molar-refractivity contribution in [2.75, 3.05) is 10.0 Å². The summed E-state index contributed by atoms with van der Waals surface area (Å²) in [7, 11) is -3.77. The van der Waals surface area contributed by atoms with E-state index >= 15 is 0 Å². The second kappa shape index (κ2) is 6.38. The van der Waals surface area contributed by atoms with Gasteiger partial charge in [-0.25, -0.2) is 8.42 Å². The standard InChI is InChI=1S/C16H20N4O3S2/c1-4-5-14-18-19-15(24-14)20-25(22,23)10-6-7-12-11(8-10)16(2,3)9-13(21)17-12/h6-8H,4-5,9H2,1-3H3,(H,17,21)(H,19,20). The zero-order chi connectivity index (χ0) is 18.2. The number of fused-ring (bicyclic) bond motifs is 1. The van der Waals surface area contributed by atoms with E-state index in [2.05, 4.69) is 20.2 Å². The Balaban J connectivity index is 1.91. The van der Waals surface area contributed by atoms with Crippen molar-refractivity contribution in [2.45, 2.75) is 50.3 Å². The van der Waals surface area contributed by atoms with Crippen LogP contribution < -0.4 is 10.0 Å². The maximum absolute atomic E-state index is 12.7. The van der Waals surface area contributed by atoms with Crippen molar-refractivity contribution in [1.82, 2.24) is 10.2 Å². The quantitative estimate of drug-likeness (QED) is 0.830. The molecule has 0 radical (unpaired) electrons. The van der Waals surface area contributed by atoms with Crippen LogP contribution in [0, 0.1) is 0 Å². The number of aromatic nitrogens is 2.